The number of methoxy groups -OCH3 is 1. The minimum atomic E-state index is -0.380. The van der Waals surface area contributed by atoms with Gasteiger partial charge in [0.2, 0.25) is 0 Å². The summed E-state index contributed by atoms with van der Waals surface area (Å²) in [7, 11) is 1.61. The molecular formula is C14H20O2. The largest absolute Gasteiger partial charge is 0.496 e. The normalized spacial score (nSPS) is 11.4. The number of carbonyl (C=O) groups is 1. The quantitative estimate of drug-likeness (QED) is 0.712. The van der Waals surface area contributed by atoms with Gasteiger partial charge in [0.05, 0.1) is 12.7 Å². The molecule has 0 amide bonds. The Kier molecular flexibility index (Phi) is 3.41. The van der Waals surface area contributed by atoms with Gasteiger partial charge in [-0.05, 0) is 31.0 Å². The zero-order valence-corrected chi connectivity index (χ0v) is 11.0. The summed E-state index contributed by atoms with van der Waals surface area (Å²) in [5.74, 6) is 0.826. The highest BCUT2D eigenvalue weighted by Crippen LogP contribution is 2.31. The number of ether oxygens (including phenoxy) is 1. The first-order chi connectivity index (χ1) is 7.29. The smallest absolute Gasteiger partial charge is 0.171 e. The van der Waals surface area contributed by atoms with Crippen LogP contribution >= 0.6 is 0 Å². The van der Waals surface area contributed by atoms with Crippen LogP contribution in [-0.4, -0.2) is 12.9 Å². The topological polar surface area (TPSA) is 26.3 Å². The third-order valence-corrected chi connectivity index (χ3v) is 2.81. The molecule has 0 saturated heterocycles. The molecule has 0 atom stereocenters. The summed E-state index contributed by atoms with van der Waals surface area (Å²) in [5, 5.41) is 0. The predicted molar refractivity (Wildman–Crippen MR) is 66.3 cm³/mol. The van der Waals surface area contributed by atoms with Gasteiger partial charge in [-0.15, -0.1) is 0 Å². The van der Waals surface area contributed by atoms with Crippen LogP contribution in [0.5, 0.6) is 5.75 Å². The van der Waals surface area contributed by atoms with Gasteiger partial charge in [-0.3, -0.25) is 4.79 Å². The van der Waals surface area contributed by atoms with Crippen molar-refractivity contribution in [3.63, 3.8) is 0 Å². The Morgan fingerprint density at radius 3 is 2.19 bits per heavy atom. The van der Waals surface area contributed by atoms with Crippen LogP contribution in [0.1, 0.15) is 42.3 Å². The lowest BCUT2D eigenvalue weighted by molar-refractivity contribution is 0.0855. The molecule has 0 fully saturated rings. The minimum Gasteiger partial charge on any atom is -0.496 e. The van der Waals surface area contributed by atoms with Crippen molar-refractivity contribution in [2.24, 2.45) is 5.41 Å². The predicted octanol–water partition coefficient (Wildman–Crippen LogP) is 3.54. The van der Waals surface area contributed by atoms with Crippen molar-refractivity contribution in [1.29, 1.82) is 0 Å². The monoisotopic (exact) mass is 220 g/mol. The van der Waals surface area contributed by atoms with E-state index in [-0.39, 0.29) is 11.2 Å². The van der Waals surface area contributed by atoms with Gasteiger partial charge in [-0.1, -0.05) is 26.8 Å². The maximum atomic E-state index is 12.2. The Morgan fingerprint density at radius 1 is 1.19 bits per heavy atom. The number of ketones is 1. The summed E-state index contributed by atoms with van der Waals surface area (Å²) in [5.41, 5.74) is 2.48. The van der Waals surface area contributed by atoms with Crippen molar-refractivity contribution >= 4 is 5.78 Å². The third-order valence-electron chi connectivity index (χ3n) is 2.81. The van der Waals surface area contributed by atoms with E-state index in [2.05, 4.69) is 0 Å². The van der Waals surface area contributed by atoms with Gasteiger partial charge in [0.1, 0.15) is 5.75 Å². The highest BCUT2D eigenvalue weighted by Gasteiger charge is 2.26. The molecule has 2 nitrogen and oxygen atoms in total. The van der Waals surface area contributed by atoms with Crippen molar-refractivity contribution in [2.75, 3.05) is 7.11 Å². The molecule has 0 aliphatic heterocycles. The van der Waals surface area contributed by atoms with Crippen LogP contribution in [-0.2, 0) is 0 Å². The fraction of sp³-hybridized carbons (Fsp3) is 0.500. The van der Waals surface area contributed by atoms with Crippen LogP contribution in [0.2, 0.25) is 0 Å². The summed E-state index contributed by atoms with van der Waals surface area (Å²) in [4.78, 5) is 12.2. The van der Waals surface area contributed by atoms with Crippen molar-refractivity contribution in [1.82, 2.24) is 0 Å². The molecule has 0 radical (unpaired) electrons. The molecule has 0 aliphatic carbocycles. The molecule has 88 valence electrons. The number of Topliss-reactive ketones (excluding diaryl/α,β-unsaturated/α-hetero) is 1. The molecule has 0 heterocycles. The average Bonchev–Trinajstić information content (AvgIpc) is 2.19. The van der Waals surface area contributed by atoms with E-state index < -0.39 is 0 Å². The standard InChI is InChI=1S/C14H20O2/c1-9-7-8-11(12(16-6)10(9)2)13(15)14(3,4)5/h7-8H,1-6H3. The highest BCUT2D eigenvalue weighted by atomic mass is 16.5. The van der Waals surface area contributed by atoms with Gasteiger partial charge in [0, 0.05) is 5.41 Å². The second-order valence-corrected chi connectivity index (χ2v) is 5.17. The summed E-state index contributed by atoms with van der Waals surface area (Å²) in [6.07, 6.45) is 0. The molecule has 0 bridgehead atoms. The number of hydrogen-bond donors (Lipinski definition) is 0. The number of benzene rings is 1. The Morgan fingerprint density at radius 2 is 1.75 bits per heavy atom. The van der Waals surface area contributed by atoms with E-state index in [0.29, 0.717) is 11.3 Å². The summed E-state index contributed by atoms with van der Waals surface area (Å²) < 4.78 is 5.35. The minimum absolute atomic E-state index is 0.118. The first-order valence-electron chi connectivity index (χ1n) is 5.48. The van der Waals surface area contributed by atoms with Gasteiger partial charge < -0.3 is 4.74 Å². The molecule has 0 saturated carbocycles. The zero-order valence-electron chi connectivity index (χ0n) is 11.0. The lowest BCUT2D eigenvalue weighted by Gasteiger charge is -2.20. The van der Waals surface area contributed by atoms with Crippen LogP contribution in [0, 0.1) is 19.3 Å². The van der Waals surface area contributed by atoms with Crippen molar-refractivity contribution in [2.45, 2.75) is 34.6 Å². The molecule has 0 unspecified atom stereocenters. The average molecular weight is 220 g/mol. The Labute approximate surface area is 97.6 Å². The van der Waals surface area contributed by atoms with E-state index in [9.17, 15) is 4.79 Å². The van der Waals surface area contributed by atoms with Crippen molar-refractivity contribution in [3.8, 4) is 5.75 Å². The fourth-order valence-electron chi connectivity index (χ4n) is 1.64. The number of rotatable bonds is 2. The van der Waals surface area contributed by atoms with Gasteiger partial charge in [0.25, 0.3) is 0 Å². The van der Waals surface area contributed by atoms with Crippen molar-refractivity contribution in [3.05, 3.63) is 28.8 Å². The van der Waals surface area contributed by atoms with E-state index in [1.165, 1.54) is 0 Å². The molecule has 1 aromatic carbocycles. The molecule has 1 rings (SSSR count). The van der Waals surface area contributed by atoms with E-state index >= 15 is 0 Å². The lowest BCUT2D eigenvalue weighted by Crippen LogP contribution is -2.21. The second kappa shape index (κ2) is 4.28. The van der Waals surface area contributed by atoms with E-state index in [4.69, 9.17) is 4.74 Å². The van der Waals surface area contributed by atoms with Crippen molar-refractivity contribution < 1.29 is 9.53 Å². The second-order valence-electron chi connectivity index (χ2n) is 5.17. The Hall–Kier alpha value is -1.31. The molecule has 0 aromatic heterocycles. The molecule has 2 heteroatoms. The molecule has 0 N–H and O–H groups in total. The maximum absolute atomic E-state index is 12.2. The number of hydrogen-bond acceptors (Lipinski definition) is 2. The lowest BCUT2D eigenvalue weighted by atomic mass is 9.85. The molecule has 16 heavy (non-hydrogen) atoms. The SMILES string of the molecule is COc1c(C(=O)C(C)(C)C)ccc(C)c1C. The van der Waals surface area contributed by atoms with Crippen LogP contribution in [0.4, 0.5) is 0 Å². The van der Waals surface area contributed by atoms with E-state index in [1.54, 1.807) is 7.11 Å². The fourth-order valence-corrected chi connectivity index (χ4v) is 1.64. The summed E-state index contributed by atoms with van der Waals surface area (Å²) in [6.45, 7) is 9.76. The van der Waals surface area contributed by atoms with Crippen LogP contribution in [0.15, 0.2) is 12.1 Å². The molecule has 1 aromatic rings. The third kappa shape index (κ3) is 2.26. The Balaban J connectivity index is 3.36. The van der Waals surface area contributed by atoms with Gasteiger partial charge in [0.15, 0.2) is 5.78 Å². The van der Waals surface area contributed by atoms with E-state index in [0.717, 1.165) is 11.1 Å². The van der Waals surface area contributed by atoms with Gasteiger partial charge >= 0.3 is 0 Å². The molecular weight excluding hydrogens is 200 g/mol. The molecule has 0 aliphatic rings. The van der Waals surface area contributed by atoms with Crippen LogP contribution in [0.25, 0.3) is 0 Å². The first kappa shape index (κ1) is 12.8. The maximum Gasteiger partial charge on any atom is 0.171 e. The highest BCUT2D eigenvalue weighted by molar-refractivity contribution is 6.02. The number of aryl methyl sites for hydroxylation is 1. The number of carbonyl (C=O) groups excluding carboxylic acids is 1. The first-order valence-corrected chi connectivity index (χ1v) is 5.48. The van der Waals surface area contributed by atoms with Crippen LogP contribution in [0.3, 0.4) is 0 Å². The summed E-state index contributed by atoms with van der Waals surface area (Å²) in [6, 6.07) is 3.82. The Bertz CT molecular complexity index is 411. The van der Waals surface area contributed by atoms with Gasteiger partial charge in [-0.25, -0.2) is 0 Å². The van der Waals surface area contributed by atoms with Crippen LogP contribution < -0.4 is 4.74 Å². The molecule has 0 spiro atoms. The summed E-state index contributed by atoms with van der Waals surface area (Å²) >= 11 is 0. The van der Waals surface area contributed by atoms with E-state index in [1.807, 2.05) is 46.8 Å². The zero-order chi connectivity index (χ0) is 12.5. The van der Waals surface area contributed by atoms with Gasteiger partial charge in [-0.2, -0.15) is 0 Å².